The number of carbonyl (C=O) groups excluding carboxylic acids is 1. The summed E-state index contributed by atoms with van der Waals surface area (Å²) in [6.45, 7) is 8.75. The van der Waals surface area contributed by atoms with Gasteiger partial charge >= 0.3 is 12.1 Å². The summed E-state index contributed by atoms with van der Waals surface area (Å²) in [7, 11) is 0. The average molecular weight is 323 g/mol. The molecule has 8 nitrogen and oxygen atoms in total. The van der Waals surface area contributed by atoms with Gasteiger partial charge in [-0.2, -0.15) is 0 Å². The highest BCUT2D eigenvalue weighted by atomic mass is 16.6. The first-order valence-corrected chi connectivity index (χ1v) is 7.27. The fraction of sp³-hybridized carbons (Fsp3) is 0.600. The van der Waals surface area contributed by atoms with Crippen molar-refractivity contribution < 1.29 is 19.4 Å². The van der Waals surface area contributed by atoms with Crippen molar-refractivity contribution in [3.05, 3.63) is 22.4 Å². The number of rotatable bonds is 2. The Morgan fingerprint density at radius 1 is 1.43 bits per heavy atom. The van der Waals surface area contributed by atoms with Crippen LogP contribution < -0.4 is 10.9 Å². The number of fused-ring (bicyclic) bond motifs is 1. The number of hydrogen-bond acceptors (Lipinski definition) is 5. The van der Waals surface area contributed by atoms with E-state index in [4.69, 9.17) is 4.74 Å². The Morgan fingerprint density at radius 3 is 2.57 bits per heavy atom. The molecule has 2 N–H and O–H groups in total. The molecule has 8 heteroatoms. The molecule has 23 heavy (non-hydrogen) atoms. The number of nitrogens with one attached hydrogen (secondary N) is 1. The average Bonchev–Trinajstić information content (AvgIpc) is 2.63. The fourth-order valence-corrected chi connectivity index (χ4v) is 2.62. The van der Waals surface area contributed by atoms with Crippen LogP contribution >= 0.6 is 0 Å². The zero-order valence-electron chi connectivity index (χ0n) is 13.8. The van der Waals surface area contributed by atoms with E-state index in [1.807, 2.05) is 13.8 Å². The number of aliphatic carboxylic acids is 1. The van der Waals surface area contributed by atoms with Crippen LogP contribution in [0.3, 0.4) is 0 Å². The largest absolute Gasteiger partial charge is 0.480 e. The number of carboxylic acids is 1. The number of carboxylic acid groups (broad SMARTS) is 1. The third kappa shape index (κ3) is 3.35. The highest BCUT2D eigenvalue weighted by Crippen LogP contribution is 2.38. The summed E-state index contributed by atoms with van der Waals surface area (Å²) in [6.07, 6.45) is 0.714. The molecule has 2 heterocycles. The molecule has 0 unspecified atom stereocenters. The van der Waals surface area contributed by atoms with Crippen LogP contribution in [0.15, 0.2) is 11.0 Å². The van der Waals surface area contributed by atoms with Crippen LogP contribution in [0.25, 0.3) is 0 Å². The summed E-state index contributed by atoms with van der Waals surface area (Å²) in [5.41, 5.74) is -1.95. The summed E-state index contributed by atoms with van der Waals surface area (Å²) >= 11 is 0. The molecule has 1 amide bonds. The highest BCUT2D eigenvalue weighted by molar-refractivity contribution is 5.84. The van der Waals surface area contributed by atoms with Crippen molar-refractivity contribution in [3.8, 4) is 0 Å². The van der Waals surface area contributed by atoms with E-state index < -0.39 is 34.7 Å². The molecule has 0 fully saturated rings. The van der Waals surface area contributed by atoms with Gasteiger partial charge in [0.1, 0.15) is 23.2 Å². The van der Waals surface area contributed by atoms with E-state index in [1.165, 1.54) is 6.20 Å². The molecule has 1 aromatic heterocycles. The molecule has 0 radical (unpaired) electrons. The minimum atomic E-state index is -1.10. The second kappa shape index (κ2) is 5.36. The molecule has 0 spiro atoms. The van der Waals surface area contributed by atoms with Gasteiger partial charge in [0.2, 0.25) is 0 Å². The molecule has 1 aromatic rings. The number of carbonyl (C=O) groups is 2. The molecule has 0 saturated carbocycles. The Hall–Kier alpha value is -2.38. The number of hydrogen-bond donors (Lipinski definition) is 2. The lowest BCUT2D eigenvalue weighted by atomic mass is 9.89. The quantitative estimate of drug-likeness (QED) is 0.860. The van der Waals surface area contributed by atoms with E-state index >= 15 is 0 Å². The highest BCUT2D eigenvalue weighted by Gasteiger charge is 2.43. The molecular formula is C15H21N3O5. The summed E-state index contributed by atoms with van der Waals surface area (Å²) in [6, 6.07) is -1.000. The van der Waals surface area contributed by atoms with Gasteiger partial charge in [-0.1, -0.05) is 13.8 Å². The first kappa shape index (κ1) is 17.0. The van der Waals surface area contributed by atoms with Gasteiger partial charge in [-0.15, -0.1) is 0 Å². The van der Waals surface area contributed by atoms with Crippen LogP contribution in [0, 0.1) is 0 Å². The molecule has 2 rings (SSSR count). The third-order valence-electron chi connectivity index (χ3n) is 3.53. The van der Waals surface area contributed by atoms with E-state index in [0.717, 1.165) is 4.57 Å². The summed E-state index contributed by atoms with van der Waals surface area (Å²) < 4.78 is 6.22. The van der Waals surface area contributed by atoms with E-state index in [0.29, 0.717) is 5.82 Å². The van der Waals surface area contributed by atoms with Crippen molar-refractivity contribution in [2.45, 2.75) is 58.1 Å². The number of ether oxygens (including phenoxy) is 1. The van der Waals surface area contributed by atoms with Crippen LogP contribution in [-0.4, -0.2) is 32.3 Å². The van der Waals surface area contributed by atoms with Crippen molar-refractivity contribution in [3.63, 3.8) is 0 Å². The summed E-state index contributed by atoms with van der Waals surface area (Å²) in [5, 5.41) is 11.7. The Morgan fingerprint density at radius 2 is 2.04 bits per heavy atom. The fourth-order valence-electron chi connectivity index (χ4n) is 2.62. The van der Waals surface area contributed by atoms with Gasteiger partial charge in [0.15, 0.2) is 0 Å². The first-order valence-electron chi connectivity index (χ1n) is 7.27. The number of aromatic nitrogens is 2. The van der Waals surface area contributed by atoms with Crippen molar-refractivity contribution in [1.82, 2.24) is 9.55 Å². The van der Waals surface area contributed by atoms with Crippen molar-refractivity contribution in [2.24, 2.45) is 0 Å². The third-order valence-corrected chi connectivity index (χ3v) is 3.53. The van der Waals surface area contributed by atoms with Gasteiger partial charge in [0.05, 0.1) is 6.20 Å². The topological polar surface area (TPSA) is 111 Å². The van der Waals surface area contributed by atoms with Crippen LogP contribution in [0.4, 0.5) is 10.5 Å². The normalized spacial score (nSPS) is 19.1. The van der Waals surface area contributed by atoms with Crippen molar-refractivity contribution >= 4 is 17.7 Å². The Balaban J connectivity index is 2.40. The maximum Gasteiger partial charge on any atom is 0.412 e. The van der Waals surface area contributed by atoms with Gasteiger partial charge in [-0.05, 0) is 27.2 Å². The maximum atomic E-state index is 12.6. The zero-order chi connectivity index (χ0) is 17.6. The second-order valence-corrected chi connectivity index (χ2v) is 7.24. The predicted octanol–water partition coefficient (Wildman–Crippen LogP) is 1.90. The Bertz CT molecular complexity index is 715. The van der Waals surface area contributed by atoms with E-state index in [2.05, 4.69) is 10.3 Å². The molecular weight excluding hydrogens is 302 g/mol. The molecule has 1 aliphatic rings. The van der Waals surface area contributed by atoms with Crippen molar-refractivity contribution in [1.29, 1.82) is 0 Å². The second-order valence-electron chi connectivity index (χ2n) is 7.24. The first-order chi connectivity index (χ1) is 10.4. The smallest absolute Gasteiger partial charge is 0.412 e. The van der Waals surface area contributed by atoms with Gasteiger partial charge in [-0.25, -0.2) is 14.6 Å². The van der Waals surface area contributed by atoms with E-state index in [9.17, 15) is 19.5 Å². The van der Waals surface area contributed by atoms with Gasteiger partial charge in [-0.3, -0.25) is 14.7 Å². The molecule has 1 aliphatic heterocycles. The lowest BCUT2D eigenvalue weighted by molar-refractivity contribution is -0.140. The van der Waals surface area contributed by atoms with Crippen LogP contribution in [0.5, 0.6) is 0 Å². The molecule has 126 valence electrons. The Kier molecular flexibility index (Phi) is 3.96. The SMILES string of the molecule is CC(C)(C)OC(=O)Nc1cnc2n(c1=O)[C@H](C(=O)O)CC2(C)C. The summed E-state index contributed by atoms with van der Waals surface area (Å²) in [5.74, 6) is -0.709. The molecule has 0 saturated heterocycles. The lowest BCUT2D eigenvalue weighted by Crippen LogP contribution is -2.33. The van der Waals surface area contributed by atoms with Crippen molar-refractivity contribution in [2.75, 3.05) is 5.32 Å². The molecule has 0 aromatic carbocycles. The lowest BCUT2D eigenvalue weighted by Gasteiger charge is -2.20. The zero-order valence-corrected chi connectivity index (χ0v) is 13.8. The molecule has 1 atom stereocenters. The van der Waals surface area contributed by atoms with E-state index in [1.54, 1.807) is 20.8 Å². The van der Waals surface area contributed by atoms with Crippen LogP contribution in [0.2, 0.25) is 0 Å². The number of nitrogens with zero attached hydrogens (tertiary/aromatic N) is 2. The maximum absolute atomic E-state index is 12.6. The monoisotopic (exact) mass is 323 g/mol. The predicted molar refractivity (Wildman–Crippen MR) is 82.7 cm³/mol. The van der Waals surface area contributed by atoms with Gasteiger partial charge in [0.25, 0.3) is 5.56 Å². The van der Waals surface area contributed by atoms with Crippen LogP contribution in [0.1, 0.15) is 52.9 Å². The number of amides is 1. The number of anilines is 1. The molecule has 0 aliphatic carbocycles. The Labute approximate surface area is 133 Å². The minimum absolute atomic E-state index is 0.105. The summed E-state index contributed by atoms with van der Waals surface area (Å²) in [4.78, 5) is 40.0. The molecule has 0 bridgehead atoms. The van der Waals surface area contributed by atoms with Gasteiger partial charge in [0, 0.05) is 5.41 Å². The standard InChI is InChI=1S/C15H21N3O5/c1-14(2,3)23-13(22)17-8-7-16-12-15(4,5)6-9(11(20)21)18(12)10(8)19/h7,9H,6H2,1-5H3,(H,17,22)(H,20,21)/t9-/m0/s1. The minimum Gasteiger partial charge on any atom is -0.480 e. The van der Waals surface area contributed by atoms with E-state index in [-0.39, 0.29) is 12.1 Å². The van der Waals surface area contributed by atoms with Gasteiger partial charge < -0.3 is 9.84 Å². The van der Waals surface area contributed by atoms with Crippen LogP contribution in [-0.2, 0) is 14.9 Å².